The fourth-order valence-corrected chi connectivity index (χ4v) is 3.12. The minimum absolute atomic E-state index is 0.602. The SMILES string of the molecule is CN(C)c1ccc(Cc2cn3c(C=O)cnc3s2)cc1. The van der Waals surface area contributed by atoms with Gasteiger partial charge in [0.15, 0.2) is 11.2 Å². The smallest absolute Gasteiger partial charge is 0.194 e. The quantitative estimate of drug-likeness (QED) is 0.692. The number of hydrogen-bond acceptors (Lipinski definition) is 4. The number of hydrogen-bond donors (Lipinski definition) is 0. The second kappa shape index (κ2) is 5.09. The highest BCUT2D eigenvalue weighted by molar-refractivity contribution is 7.17. The summed E-state index contributed by atoms with van der Waals surface area (Å²) in [7, 11) is 4.06. The number of anilines is 1. The molecule has 0 radical (unpaired) electrons. The van der Waals surface area contributed by atoms with E-state index in [0.29, 0.717) is 5.69 Å². The monoisotopic (exact) mass is 285 g/mol. The Bertz CT molecular complexity index is 740. The maximum Gasteiger partial charge on any atom is 0.194 e. The van der Waals surface area contributed by atoms with E-state index >= 15 is 0 Å². The molecule has 102 valence electrons. The van der Waals surface area contributed by atoms with Crippen molar-refractivity contribution in [1.82, 2.24) is 9.38 Å². The van der Waals surface area contributed by atoms with Crippen LogP contribution in [0, 0.1) is 0 Å². The third kappa shape index (κ3) is 2.32. The van der Waals surface area contributed by atoms with E-state index in [9.17, 15) is 4.79 Å². The van der Waals surface area contributed by atoms with Crippen molar-refractivity contribution in [2.45, 2.75) is 6.42 Å². The van der Waals surface area contributed by atoms with E-state index in [2.05, 4.69) is 34.1 Å². The van der Waals surface area contributed by atoms with E-state index in [0.717, 1.165) is 17.7 Å². The van der Waals surface area contributed by atoms with Gasteiger partial charge in [0.05, 0.1) is 6.20 Å². The van der Waals surface area contributed by atoms with Crippen LogP contribution in [-0.4, -0.2) is 29.8 Å². The Kier molecular flexibility index (Phi) is 3.28. The number of fused-ring (bicyclic) bond motifs is 1. The minimum Gasteiger partial charge on any atom is -0.378 e. The summed E-state index contributed by atoms with van der Waals surface area (Å²) in [6.07, 6.45) is 5.30. The molecule has 0 fully saturated rings. The molecule has 0 bridgehead atoms. The van der Waals surface area contributed by atoms with Gasteiger partial charge in [-0.25, -0.2) is 4.98 Å². The second-order valence-electron chi connectivity index (χ2n) is 4.89. The Morgan fingerprint density at radius 2 is 2.05 bits per heavy atom. The normalized spacial score (nSPS) is 10.9. The summed E-state index contributed by atoms with van der Waals surface area (Å²) in [6, 6.07) is 8.51. The van der Waals surface area contributed by atoms with Gasteiger partial charge in [-0.05, 0) is 17.7 Å². The molecular formula is C15H15N3OS. The molecule has 0 saturated carbocycles. The van der Waals surface area contributed by atoms with Crippen LogP contribution in [-0.2, 0) is 6.42 Å². The second-order valence-corrected chi connectivity index (χ2v) is 5.98. The van der Waals surface area contributed by atoms with Crippen LogP contribution in [0.4, 0.5) is 5.69 Å². The van der Waals surface area contributed by atoms with Crippen LogP contribution in [0.15, 0.2) is 36.7 Å². The number of imidazole rings is 1. The van der Waals surface area contributed by atoms with Gasteiger partial charge < -0.3 is 4.90 Å². The molecule has 4 nitrogen and oxygen atoms in total. The highest BCUT2D eigenvalue weighted by atomic mass is 32.1. The Morgan fingerprint density at radius 1 is 1.30 bits per heavy atom. The molecule has 0 spiro atoms. The fraction of sp³-hybridized carbons (Fsp3) is 0.200. The Labute approximate surface area is 121 Å². The summed E-state index contributed by atoms with van der Waals surface area (Å²) in [6.45, 7) is 0. The van der Waals surface area contributed by atoms with Gasteiger partial charge in [-0.15, -0.1) is 11.3 Å². The minimum atomic E-state index is 0.602. The number of aromatic nitrogens is 2. The number of rotatable bonds is 4. The molecule has 3 aromatic rings. The first-order valence-electron chi connectivity index (χ1n) is 6.34. The van der Waals surface area contributed by atoms with Crippen molar-refractivity contribution < 1.29 is 4.79 Å². The van der Waals surface area contributed by atoms with E-state index < -0.39 is 0 Å². The topological polar surface area (TPSA) is 37.6 Å². The lowest BCUT2D eigenvalue weighted by atomic mass is 10.1. The zero-order chi connectivity index (χ0) is 14.1. The first kappa shape index (κ1) is 12.9. The summed E-state index contributed by atoms with van der Waals surface area (Å²) in [5, 5.41) is 0. The summed E-state index contributed by atoms with van der Waals surface area (Å²) in [5.41, 5.74) is 3.05. The fourth-order valence-electron chi connectivity index (χ4n) is 2.13. The summed E-state index contributed by atoms with van der Waals surface area (Å²) >= 11 is 1.62. The van der Waals surface area contributed by atoms with E-state index in [-0.39, 0.29) is 0 Å². The third-order valence-corrected chi connectivity index (χ3v) is 4.24. The van der Waals surface area contributed by atoms with Crippen molar-refractivity contribution in [2.75, 3.05) is 19.0 Å². The number of nitrogens with zero attached hydrogens (tertiary/aromatic N) is 3. The molecule has 0 atom stereocenters. The molecule has 0 N–H and O–H groups in total. The molecule has 0 aliphatic carbocycles. The van der Waals surface area contributed by atoms with Crippen LogP contribution in [0.5, 0.6) is 0 Å². The van der Waals surface area contributed by atoms with Gasteiger partial charge in [-0.3, -0.25) is 9.20 Å². The molecule has 20 heavy (non-hydrogen) atoms. The number of carbonyl (C=O) groups is 1. The Balaban J connectivity index is 1.85. The number of thiazole rings is 1. The van der Waals surface area contributed by atoms with E-state index in [4.69, 9.17) is 0 Å². The van der Waals surface area contributed by atoms with Gasteiger partial charge in [0, 0.05) is 37.3 Å². The van der Waals surface area contributed by atoms with Crippen molar-refractivity contribution in [1.29, 1.82) is 0 Å². The number of aldehydes is 1. The molecule has 0 unspecified atom stereocenters. The van der Waals surface area contributed by atoms with Gasteiger partial charge in [-0.2, -0.15) is 0 Å². The van der Waals surface area contributed by atoms with Crippen molar-refractivity contribution >= 4 is 28.3 Å². The molecular weight excluding hydrogens is 270 g/mol. The largest absolute Gasteiger partial charge is 0.378 e. The Morgan fingerprint density at radius 3 is 2.70 bits per heavy atom. The molecule has 0 saturated heterocycles. The van der Waals surface area contributed by atoms with E-state index in [1.807, 2.05) is 24.7 Å². The van der Waals surface area contributed by atoms with Crippen molar-refractivity contribution in [2.24, 2.45) is 0 Å². The molecule has 0 amide bonds. The van der Waals surface area contributed by atoms with Gasteiger partial charge in [-0.1, -0.05) is 12.1 Å². The molecule has 2 aromatic heterocycles. The molecule has 1 aromatic carbocycles. The zero-order valence-corrected chi connectivity index (χ0v) is 12.2. The third-order valence-electron chi connectivity index (χ3n) is 3.24. The first-order valence-corrected chi connectivity index (χ1v) is 7.16. The first-order chi connectivity index (χ1) is 9.67. The maximum atomic E-state index is 10.9. The van der Waals surface area contributed by atoms with Gasteiger partial charge >= 0.3 is 0 Å². The highest BCUT2D eigenvalue weighted by Gasteiger charge is 2.08. The van der Waals surface area contributed by atoms with E-state index in [1.165, 1.54) is 16.1 Å². The summed E-state index contributed by atoms with van der Waals surface area (Å²) in [5.74, 6) is 0. The predicted octanol–water partition coefficient (Wildman–Crippen LogP) is 2.87. The Hall–Kier alpha value is -2.14. The molecule has 0 aliphatic rings. The lowest BCUT2D eigenvalue weighted by Crippen LogP contribution is -2.08. The zero-order valence-electron chi connectivity index (χ0n) is 11.4. The summed E-state index contributed by atoms with van der Waals surface area (Å²) in [4.78, 5) is 19.3. The predicted molar refractivity (Wildman–Crippen MR) is 82.0 cm³/mol. The lowest BCUT2D eigenvalue weighted by molar-refractivity contribution is 0.111. The van der Waals surface area contributed by atoms with Crippen LogP contribution in [0.2, 0.25) is 0 Å². The standard InChI is InChI=1S/C15H15N3OS/c1-17(2)12-5-3-11(4-6-12)7-14-9-18-13(10-19)8-16-15(18)20-14/h3-6,8-10H,7H2,1-2H3. The number of carbonyl (C=O) groups excluding carboxylic acids is 1. The number of benzene rings is 1. The van der Waals surface area contributed by atoms with Crippen LogP contribution < -0.4 is 4.90 Å². The van der Waals surface area contributed by atoms with Gasteiger partial charge in [0.1, 0.15) is 5.69 Å². The van der Waals surface area contributed by atoms with Crippen LogP contribution in [0.1, 0.15) is 20.9 Å². The molecule has 2 heterocycles. The van der Waals surface area contributed by atoms with Crippen LogP contribution in [0.25, 0.3) is 4.96 Å². The van der Waals surface area contributed by atoms with Crippen molar-refractivity contribution in [3.63, 3.8) is 0 Å². The van der Waals surface area contributed by atoms with Crippen molar-refractivity contribution in [3.05, 3.63) is 52.8 Å². The van der Waals surface area contributed by atoms with Crippen LogP contribution >= 0.6 is 11.3 Å². The highest BCUT2D eigenvalue weighted by Crippen LogP contribution is 2.22. The van der Waals surface area contributed by atoms with Crippen molar-refractivity contribution in [3.8, 4) is 0 Å². The van der Waals surface area contributed by atoms with E-state index in [1.54, 1.807) is 17.5 Å². The van der Waals surface area contributed by atoms with Gasteiger partial charge in [0.25, 0.3) is 0 Å². The lowest BCUT2D eigenvalue weighted by Gasteiger charge is -2.12. The van der Waals surface area contributed by atoms with Crippen LogP contribution in [0.3, 0.4) is 0 Å². The maximum absolute atomic E-state index is 10.9. The average molecular weight is 285 g/mol. The average Bonchev–Trinajstić information content (AvgIpc) is 2.98. The molecule has 0 aliphatic heterocycles. The van der Waals surface area contributed by atoms with Gasteiger partial charge in [0.2, 0.25) is 0 Å². The molecule has 3 rings (SSSR count). The summed E-state index contributed by atoms with van der Waals surface area (Å²) < 4.78 is 1.85. The molecule has 5 heteroatoms.